The molecule has 1 aromatic heterocycles. The topological polar surface area (TPSA) is 75.4 Å². The summed E-state index contributed by atoms with van der Waals surface area (Å²) in [6.45, 7) is 2.24. The van der Waals surface area contributed by atoms with Crippen molar-refractivity contribution in [3.05, 3.63) is 58.0 Å². The number of nitrogens with one attached hydrogen (secondary N) is 1. The predicted molar refractivity (Wildman–Crippen MR) is 114 cm³/mol. The zero-order valence-corrected chi connectivity index (χ0v) is 18.3. The Labute approximate surface area is 184 Å². The first-order chi connectivity index (χ1) is 14.3. The second-order valence-corrected chi connectivity index (χ2v) is 9.89. The third-order valence-corrected chi connectivity index (χ3v) is 7.45. The Morgan fingerprint density at radius 3 is 2.83 bits per heavy atom. The molecule has 1 atom stereocenters. The fraction of sp³-hybridized carbons (Fsp3) is 0.350. The summed E-state index contributed by atoms with van der Waals surface area (Å²) in [5.41, 5.74) is 1.25. The third kappa shape index (κ3) is 4.78. The van der Waals surface area contributed by atoms with Crippen LogP contribution in [0.3, 0.4) is 0 Å². The number of sulfonamides is 1. The summed E-state index contributed by atoms with van der Waals surface area (Å²) in [6, 6.07) is 8.51. The van der Waals surface area contributed by atoms with Gasteiger partial charge in [0.1, 0.15) is 5.82 Å². The minimum Gasteiger partial charge on any atom is -0.356 e. The number of aryl methyl sites for hydroxylation is 1. The van der Waals surface area contributed by atoms with Gasteiger partial charge in [0, 0.05) is 24.0 Å². The highest BCUT2D eigenvalue weighted by molar-refractivity contribution is 7.89. The summed E-state index contributed by atoms with van der Waals surface area (Å²) in [5, 5.41) is 5.38. The van der Waals surface area contributed by atoms with E-state index in [2.05, 4.69) is 14.8 Å². The van der Waals surface area contributed by atoms with Crippen LogP contribution >= 0.6 is 23.2 Å². The van der Waals surface area contributed by atoms with E-state index in [4.69, 9.17) is 27.7 Å². The monoisotopic (exact) mass is 471 g/mol. The Kier molecular flexibility index (Phi) is 6.31. The maximum absolute atomic E-state index is 13.2. The molecule has 1 N–H and O–H groups in total. The van der Waals surface area contributed by atoms with Gasteiger partial charge in [0.25, 0.3) is 0 Å². The van der Waals surface area contributed by atoms with Crippen LogP contribution < -0.4 is 4.72 Å². The van der Waals surface area contributed by atoms with Gasteiger partial charge in [-0.15, -0.1) is 0 Å². The fourth-order valence-corrected chi connectivity index (χ4v) is 5.33. The van der Waals surface area contributed by atoms with Crippen molar-refractivity contribution < 1.29 is 17.3 Å². The van der Waals surface area contributed by atoms with Gasteiger partial charge >= 0.3 is 0 Å². The van der Waals surface area contributed by atoms with Gasteiger partial charge in [0.2, 0.25) is 10.0 Å². The van der Waals surface area contributed by atoms with Crippen LogP contribution in [0, 0.1) is 5.82 Å². The van der Waals surface area contributed by atoms with Crippen LogP contribution in [0.15, 0.2) is 45.8 Å². The van der Waals surface area contributed by atoms with Crippen LogP contribution in [0.5, 0.6) is 0 Å². The third-order valence-electron chi connectivity index (χ3n) is 5.19. The molecule has 0 aliphatic carbocycles. The number of likely N-dealkylation sites (tertiary alicyclic amines) is 1. The smallest absolute Gasteiger partial charge is 0.240 e. The molecule has 1 saturated heterocycles. The van der Waals surface area contributed by atoms with E-state index in [-0.39, 0.29) is 21.8 Å². The van der Waals surface area contributed by atoms with Gasteiger partial charge in [-0.2, -0.15) is 0 Å². The van der Waals surface area contributed by atoms with Crippen LogP contribution in [0.1, 0.15) is 18.5 Å². The van der Waals surface area contributed by atoms with E-state index in [1.54, 1.807) is 6.07 Å². The molecule has 0 radical (unpaired) electrons. The molecule has 4 rings (SSSR count). The molecule has 30 heavy (non-hydrogen) atoms. The molecule has 1 fully saturated rings. The lowest BCUT2D eigenvalue weighted by atomic mass is 10.1. The van der Waals surface area contributed by atoms with E-state index < -0.39 is 10.0 Å². The Balaban J connectivity index is 1.29. The van der Waals surface area contributed by atoms with Gasteiger partial charge in [-0.05, 0) is 62.7 Å². The summed E-state index contributed by atoms with van der Waals surface area (Å²) in [4.78, 5) is 2.31. The maximum atomic E-state index is 13.2. The van der Waals surface area contributed by atoms with Crippen LogP contribution in [0.25, 0.3) is 11.0 Å². The number of rotatable bonds is 7. The van der Waals surface area contributed by atoms with Crippen molar-refractivity contribution in [1.82, 2.24) is 14.8 Å². The molecule has 1 aliphatic heterocycles. The molecule has 160 valence electrons. The highest BCUT2D eigenvalue weighted by atomic mass is 35.5. The Morgan fingerprint density at radius 2 is 2.03 bits per heavy atom. The van der Waals surface area contributed by atoms with E-state index in [0.29, 0.717) is 23.6 Å². The Hall–Kier alpha value is -1.71. The van der Waals surface area contributed by atoms with Gasteiger partial charge in [-0.1, -0.05) is 28.4 Å². The number of hydrogen-bond donors (Lipinski definition) is 1. The predicted octanol–water partition coefficient (Wildman–Crippen LogP) is 4.26. The van der Waals surface area contributed by atoms with Crippen LogP contribution in [0.2, 0.25) is 10.0 Å². The molecular weight excluding hydrogens is 452 g/mol. The number of nitrogens with zero attached hydrogens (tertiary/aromatic N) is 2. The normalized spacial score (nSPS) is 17.8. The standard InChI is InChI=1S/C20H20Cl2FN3O3S/c21-17-6-4-15(11-18(17)22)30(27,28)25-14-7-9-26(12-14)8-1-2-19-16-5-3-13(23)10-20(16)29-24-19/h3-6,10-11,14,25H,1-2,7-9,12H2. The van der Waals surface area contributed by atoms with Crippen molar-refractivity contribution in [2.45, 2.75) is 30.2 Å². The number of fused-ring (bicyclic) bond motifs is 1. The second-order valence-electron chi connectivity index (χ2n) is 7.36. The first kappa shape index (κ1) is 21.5. The summed E-state index contributed by atoms with van der Waals surface area (Å²) in [7, 11) is -3.66. The van der Waals surface area contributed by atoms with Crippen LogP contribution in [-0.4, -0.2) is 44.2 Å². The molecule has 0 spiro atoms. The van der Waals surface area contributed by atoms with Gasteiger partial charge in [-0.25, -0.2) is 17.5 Å². The number of hydrogen-bond acceptors (Lipinski definition) is 5. The zero-order chi connectivity index (χ0) is 21.3. The molecule has 0 saturated carbocycles. The highest BCUT2D eigenvalue weighted by Crippen LogP contribution is 2.25. The molecule has 0 amide bonds. The minimum absolute atomic E-state index is 0.102. The first-order valence-corrected chi connectivity index (χ1v) is 11.8. The van der Waals surface area contributed by atoms with Gasteiger partial charge < -0.3 is 9.42 Å². The number of halogens is 3. The molecule has 10 heteroatoms. The van der Waals surface area contributed by atoms with E-state index >= 15 is 0 Å². The SMILES string of the molecule is O=S(=O)(NC1CCN(CCCc2noc3cc(F)ccc23)C1)c1ccc(Cl)c(Cl)c1. The van der Waals surface area contributed by atoms with E-state index in [1.807, 2.05) is 0 Å². The first-order valence-electron chi connectivity index (χ1n) is 9.55. The largest absolute Gasteiger partial charge is 0.356 e. The molecule has 1 aliphatic rings. The van der Waals surface area contributed by atoms with Crippen LogP contribution in [-0.2, 0) is 16.4 Å². The molecule has 0 bridgehead atoms. The average Bonchev–Trinajstić information content (AvgIpc) is 3.30. The summed E-state index contributed by atoms with van der Waals surface area (Å²) in [5.74, 6) is -0.350. The summed E-state index contributed by atoms with van der Waals surface area (Å²) in [6.07, 6.45) is 2.27. The lowest BCUT2D eigenvalue weighted by Gasteiger charge is -2.16. The zero-order valence-electron chi connectivity index (χ0n) is 15.9. The molecular formula is C20H20Cl2FN3O3S. The van der Waals surface area contributed by atoms with Crippen molar-refractivity contribution in [3.63, 3.8) is 0 Å². The summed E-state index contributed by atoms with van der Waals surface area (Å²) >= 11 is 11.8. The van der Waals surface area contributed by atoms with E-state index in [0.717, 1.165) is 37.0 Å². The van der Waals surface area contributed by atoms with Gasteiger partial charge in [-0.3, -0.25) is 0 Å². The molecule has 2 aromatic carbocycles. The van der Waals surface area contributed by atoms with Crippen molar-refractivity contribution in [2.24, 2.45) is 0 Å². The number of aromatic nitrogens is 1. The maximum Gasteiger partial charge on any atom is 0.240 e. The Morgan fingerprint density at radius 1 is 1.20 bits per heavy atom. The van der Waals surface area contributed by atoms with E-state index in [1.165, 1.54) is 30.3 Å². The minimum atomic E-state index is -3.66. The van der Waals surface area contributed by atoms with Crippen molar-refractivity contribution in [2.75, 3.05) is 19.6 Å². The summed E-state index contributed by atoms with van der Waals surface area (Å²) < 4.78 is 46.4. The Bertz CT molecular complexity index is 1170. The second kappa shape index (κ2) is 8.80. The molecule has 1 unspecified atom stereocenters. The van der Waals surface area contributed by atoms with Crippen molar-refractivity contribution in [3.8, 4) is 0 Å². The molecule has 2 heterocycles. The fourth-order valence-electron chi connectivity index (χ4n) is 3.68. The van der Waals surface area contributed by atoms with Gasteiger partial charge in [0.15, 0.2) is 5.58 Å². The van der Waals surface area contributed by atoms with E-state index in [9.17, 15) is 12.8 Å². The average molecular weight is 472 g/mol. The van der Waals surface area contributed by atoms with Crippen LogP contribution in [0.4, 0.5) is 4.39 Å². The quantitative estimate of drug-likeness (QED) is 0.556. The lowest BCUT2D eigenvalue weighted by Crippen LogP contribution is -2.37. The van der Waals surface area contributed by atoms with Gasteiger partial charge in [0.05, 0.1) is 20.6 Å². The van der Waals surface area contributed by atoms with Crippen molar-refractivity contribution in [1.29, 1.82) is 0 Å². The highest BCUT2D eigenvalue weighted by Gasteiger charge is 2.27. The molecule has 3 aromatic rings. The lowest BCUT2D eigenvalue weighted by molar-refractivity contribution is 0.326. The van der Waals surface area contributed by atoms with Crippen molar-refractivity contribution >= 4 is 44.2 Å². The molecule has 6 nitrogen and oxygen atoms in total. The number of benzene rings is 2.